The molecule has 5 nitrogen and oxygen atoms in total. The van der Waals surface area contributed by atoms with Crippen molar-refractivity contribution in [2.24, 2.45) is 5.73 Å². The number of Topliss-reactive ketones (excluding diaryl/α,β-unsaturated/α-hetero) is 1. The van der Waals surface area contributed by atoms with Gasteiger partial charge in [0.1, 0.15) is 5.82 Å². The van der Waals surface area contributed by atoms with E-state index in [0.29, 0.717) is 0 Å². The van der Waals surface area contributed by atoms with Gasteiger partial charge in [-0.2, -0.15) is 0 Å². The van der Waals surface area contributed by atoms with Crippen LogP contribution in [0.15, 0.2) is 29.8 Å². The van der Waals surface area contributed by atoms with E-state index in [2.05, 4.69) is 0 Å². The molecule has 2 rings (SSSR count). The van der Waals surface area contributed by atoms with Crippen LogP contribution in [0.3, 0.4) is 0 Å². The van der Waals surface area contributed by atoms with Gasteiger partial charge in [0.2, 0.25) is 17.2 Å². The molecule has 0 fully saturated rings. The van der Waals surface area contributed by atoms with Gasteiger partial charge in [-0.15, -0.1) is 0 Å². The van der Waals surface area contributed by atoms with Gasteiger partial charge in [0.15, 0.2) is 0 Å². The summed E-state index contributed by atoms with van der Waals surface area (Å²) in [6.45, 7) is 2.44. The maximum Gasteiger partial charge on any atom is 0.308 e. The number of ether oxygens (including phenoxy) is 2. The van der Waals surface area contributed by atoms with Gasteiger partial charge < -0.3 is 15.2 Å². The number of rotatable bonds is 2. The normalized spacial score (nSPS) is 21.9. The van der Waals surface area contributed by atoms with Gasteiger partial charge in [-0.3, -0.25) is 9.59 Å². The molecule has 0 aliphatic carbocycles. The molecule has 0 radical (unpaired) electrons. The molecule has 1 atom stereocenters. The van der Waals surface area contributed by atoms with Crippen molar-refractivity contribution in [2.45, 2.75) is 19.4 Å². The van der Waals surface area contributed by atoms with Gasteiger partial charge in [0.05, 0.1) is 0 Å². The molecule has 0 saturated heterocycles. The van der Waals surface area contributed by atoms with Crippen LogP contribution in [0.5, 0.6) is 0 Å². The van der Waals surface area contributed by atoms with Gasteiger partial charge in [-0.1, -0.05) is 11.6 Å². The van der Waals surface area contributed by atoms with E-state index < -0.39 is 28.9 Å². The van der Waals surface area contributed by atoms with Crippen LogP contribution in [0.25, 0.3) is 0 Å². The molecule has 0 amide bonds. The average molecular weight is 300 g/mol. The highest BCUT2D eigenvalue weighted by Gasteiger charge is 2.50. The van der Waals surface area contributed by atoms with Crippen molar-refractivity contribution in [3.8, 4) is 0 Å². The maximum absolute atomic E-state index is 13.9. The van der Waals surface area contributed by atoms with E-state index >= 15 is 0 Å². The standard InChI is InChI=1S/C13H11ClFNO4/c1-6(17)19-10-11(18)13(2,20-12(10)16)8-5-7(14)3-4-9(8)15/h3-5H,16H2,1-2H3. The van der Waals surface area contributed by atoms with Crippen LogP contribution in [0.1, 0.15) is 19.4 Å². The molecular weight excluding hydrogens is 289 g/mol. The SMILES string of the molecule is CC(=O)OC1=C(N)OC(C)(c2cc(Cl)ccc2F)C1=O. The molecule has 0 bridgehead atoms. The Balaban J connectivity index is 2.46. The first kappa shape index (κ1) is 14.3. The molecule has 0 saturated carbocycles. The summed E-state index contributed by atoms with van der Waals surface area (Å²) in [5.74, 6) is -2.95. The third-order valence-electron chi connectivity index (χ3n) is 2.87. The second-order valence-corrected chi connectivity index (χ2v) is 4.81. The van der Waals surface area contributed by atoms with E-state index in [9.17, 15) is 14.0 Å². The third kappa shape index (κ3) is 2.22. The zero-order chi connectivity index (χ0) is 15.1. The molecule has 1 unspecified atom stereocenters. The molecule has 20 heavy (non-hydrogen) atoms. The first-order valence-corrected chi connectivity index (χ1v) is 6.01. The van der Waals surface area contributed by atoms with Crippen molar-refractivity contribution >= 4 is 23.4 Å². The number of esters is 1. The molecule has 1 aliphatic heterocycles. The number of ketones is 1. The zero-order valence-corrected chi connectivity index (χ0v) is 11.5. The number of benzene rings is 1. The number of halogens is 2. The van der Waals surface area contributed by atoms with Gasteiger partial charge in [-0.05, 0) is 25.1 Å². The first-order valence-electron chi connectivity index (χ1n) is 5.63. The Kier molecular flexibility index (Phi) is 3.43. The third-order valence-corrected chi connectivity index (χ3v) is 3.10. The lowest BCUT2D eigenvalue weighted by atomic mass is 9.91. The van der Waals surface area contributed by atoms with Crippen LogP contribution in [0, 0.1) is 5.82 Å². The van der Waals surface area contributed by atoms with Gasteiger partial charge in [0.25, 0.3) is 5.78 Å². The van der Waals surface area contributed by atoms with E-state index in [1.807, 2.05) is 0 Å². The van der Waals surface area contributed by atoms with Crippen LogP contribution >= 0.6 is 11.6 Å². The monoisotopic (exact) mass is 299 g/mol. The summed E-state index contributed by atoms with van der Waals surface area (Å²) in [4.78, 5) is 23.2. The quantitative estimate of drug-likeness (QED) is 0.845. The van der Waals surface area contributed by atoms with Crippen molar-refractivity contribution in [2.75, 3.05) is 0 Å². The summed E-state index contributed by atoms with van der Waals surface area (Å²) in [5.41, 5.74) is 3.72. The van der Waals surface area contributed by atoms with Crippen molar-refractivity contribution in [1.82, 2.24) is 0 Å². The Bertz CT molecular complexity index is 643. The van der Waals surface area contributed by atoms with Crippen LogP contribution in [-0.4, -0.2) is 11.8 Å². The van der Waals surface area contributed by atoms with Crippen molar-refractivity contribution in [1.29, 1.82) is 0 Å². The van der Waals surface area contributed by atoms with Crippen molar-refractivity contribution < 1.29 is 23.5 Å². The second kappa shape index (κ2) is 4.79. The summed E-state index contributed by atoms with van der Waals surface area (Å²) in [6, 6.07) is 3.71. The fraction of sp³-hybridized carbons (Fsp3) is 0.231. The molecular formula is C13H11ClFNO4. The minimum Gasteiger partial charge on any atom is -0.457 e. The highest BCUT2D eigenvalue weighted by atomic mass is 35.5. The topological polar surface area (TPSA) is 78.6 Å². The predicted molar refractivity (Wildman–Crippen MR) is 67.8 cm³/mol. The minimum absolute atomic E-state index is 0.0832. The Morgan fingerprint density at radius 2 is 2.15 bits per heavy atom. The lowest BCUT2D eigenvalue weighted by Crippen LogP contribution is -2.33. The predicted octanol–water partition coefficient (Wildman–Crippen LogP) is 1.98. The second-order valence-electron chi connectivity index (χ2n) is 4.38. The molecule has 0 spiro atoms. The molecule has 1 aromatic carbocycles. The molecule has 7 heteroatoms. The fourth-order valence-electron chi connectivity index (χ4n) is 1.92. The molecule has 1 aliphatic rings. The van der Waals surface area contributed by atoms with Gasteiger partial charge >= 0.3 is 5.97 Å². The van der Waals surface area contributed by atoms with E-state index in [0.717, 1.165) is 13.0 Å². The van der Waals surface area contributed by atoms with E-state index in [1.54, 1.807) is 0 Å². The summed E-state index contributed by atoms with van der Waals surface area (Å²) < 4.78 is 23.8. The number of hydrogen-bond acceptors (Lipinski definition) is 5. The average Bonchev–Trinajstić information content (AvgIpc) is 2.56. The molecule has 1 aromatic rings. The van der Waals surface area contributed by atoms with E-state index in [4.69, 9.17) is 26.8 Å². The smallest absolute Gasteiger partial charge is 0.308 e. The van der Waals surface area contributed by atoms with Crippen LogP contribution in [-0.2, 0) is 24.7 Å². The van der Waals surface area contributed by atoms with Crippen LogP contribution in [0.2, 0.25) is 5.02 Å². The van der Waals surface area contributed by atoms with E-state index in [1.165, 1.54) is 19.1 Å². The Morgan fingerprint density at radius 1 is 1.50 bits per heavy atom. The summed E-state index contributed by atoms with van der Waals surface area (Å²) in [5, 5.41) is 0.235. The molecule has 0 aromatic heterocycles. The largest absolute Gasteiger partial charge is 0.457 e. The zero-order valence-electron chi connectivity index (χ0n) is 10.7. The van der Waals surface area contributed by atoms with Crippen molar-refractivity contribution in [3.63, 3.8) is 0 Å². The summed E-state index contributed by atoms with van der Waals surface area (Å²) in [6.07, 6.45) is 0. The highest BCUT2D eigenvalue weighted by molar-refractivity contribution is 6.30. The van der Waals surface area contributed by atoms with Crippen molar-refractivity contribution in [3.05, 3.63) is 46.2 Å². The Morgan fingerprint density at radius 3 is 2.75 bits per heavy atom. The summed E-state index contributed by atoms with van der Waals surface area (Å²) in [7, 11) is 0. The maximum atomic E-state index is 13.9. The van der Waals surface area contributed by atoms with Crippen LogP contribution in [0.4, 0.5) is 4.39 Å². The fourth-order valence-corrected chi connectivity index (χ4v) is 2.09. The molecule has 1 heterocycles. The van der Waals surface area contributed by atoms with Gasteiger partial charge in [-0.25, -0.2) is 4.39 Å². The number of nitrogens with two attached hydrogens (primary N) is 1. The Labute approximate surface area is 119 Å². The lowest BCUT2D eigenvalue weighted by molar-refractivity contribution is -0.142. The molecule has 106 valence electrons. The molecule has 2 N–H and O–H groups in total. The first-order chi connectivity index (χ1) is 9.25. The van der Waals surface area contributed by atoms with E-state index in [-0.39, 0.29) is 16.5 Å². The van der Waals surface area contributed by atoms with Crippen LogP contribution < -0.4 is 5.73 Å². The Hall–Kier alpha value is -2.08. The lowest BCUT2D eigenvalue weighted by Gasteiger charge is -2.23. The number of carbonyl (C=O) groups excluding carboxylic acids is 2. The summed E-state index contributed by atoms with van der Waals surface area (Å²) >= 11 is 5.80. The number of carbonyl (C=O) groups is 2. The highest BCUT2D eigenvalue weighted by Crippen LogP contribution is 2.39. The number of hydrogen-bond donors (Lipinski definition) is 1. The minimum atomic E-state index is -1.72. The van der Waals surface area contributed by atoms with Gasteiger partial charge in [0, 0.05) is 17.5 Å².